The minimum absolute atomic E-state index is 0.207. The van der Waals surface area contributed by atoms with Gasteiger partial charge in [0.1, 0.15) is 0 Å². The third-order valence-electron chi connectivity index (χ3n) is 3.36. The van der Waals surface area contributed by atoms with Crippen molar-refractivity contribution < 1.29 is 4.79 Å². The highest BCUT2D eigenvalue weighted by molar-refractivity contribution is 7.17. The monoisotopic (exact) mass is 320 g/mol. The highest BCUT2D eigenvalue weighted by Crippen LogP contribution is 2.26. The summed E-state index contributed by atoms with van der Waals surface area (Å²) in [5, 5.41) is 4.03. The number of hydrazone groups is 1. The first-order valence-electron chi connectivity index (χ1n) is 7.28. The molecule has 23 heavy (non-hydrogen) atoms. The number of hydrogen-bond acceptors (Lipinski definition) is 3. The van der Waals surface area contributed by atoms with Gasteiger partial charge in [0.2, 0.25) is 0 Å². The number of carbonyl (C=O) groups excluding carboxylic acids is 1. The van der Waals surface area contributed by atoms with E-state index in [-0.39, 0.29) is 5.91 Å². The Morgan fingerprint density at radius 3 is 2.48 bits per heavy atom. The second-order valence-electron chi connectivity index (χ2n) is 5.13. The number of nitrogens with one attached hydrogen (secondary N) is 1. The number of amides is 1. The fourth-order valence-corrected chi connectivity index (χ4v) is 2.99. The molecule has 1 aromatic heterocycles. The molecule has 1 heterocycles. The predicted molar refractivity (Wildman–Crippen MR) is 96.0 cm³/mol. The molecule has 4 heteroatoms. The number of benzene rings is 2. The van der Waals surface area contributed by atoms with Gasteiger partial charge < -0.3 is 0 Å². The van der Waals surface area contributed by atoms with Crippen molar-refractivity contribution in [2.75, 3.05) is 0 Å². The molecule has 0 spiro atoms. The van der Waals surface area contributed by atoms with E-state index in [4.69, 9.17) is 0 Å². The van der Waals surface area contributed by atoms with Crippen LogP contribution in [0.15, 0.2) is 71.8 Å². The number of thiophene rings is 1. The van der Waals surface area contributed by atoms with Crippen LogP contribution in [0, 0.1) is 6.92 Å². The summed E-state index contributed by atoms with van der Waals surface area (Å²) in [5.74, 6) is -0.207. The molecule has 3 rings (SSSR count). The minimum Gasteiger partial charge on any atom is -0.267 e. The Hall–Kier alpha value is -2.72. The lowest BCUT2D eigenvalue weighted by Gasteiger charge is -1.99. The maximum atomic E-state index is 12.0. The smallest absolute Gasteiger partial charge is 0.267 e. The SMILES string of the molecule is Cc1ccc(C(=O)N/N=C\c2ccc(-c3ccccc3)s2)cc1. The summed E-state index contributed by atoms with van der Waals surface area (Å²) in [7, 11) is 0. The highest BCUT2D eigenvalue weighted by atomic mass is 32.1. The molecule has 0 aliphatic carbocycles. The van der Waals surface area contributed by atoms with Crippen LogP contribution in [-0.2, 0) is 0 Å². The van der Waals surface area contributed by atoms with E-state index in [0.29, 0.717) is 5.56 Å². The van der Waals surface area contributed by atoms with Gasteiger partial charge in [-0.15, -0.1) is 11.3 Å². The molecule has 0 saturated heterocycles. The van der Waals surface area contributed by atoms with E-state index < -0.39 is 0 Å². The van der Waals surface area contributed by atoms with E-state index >= 15 is 0 Å². The summed E-state index contributed by atoms with van der Waals surface area (Å²) in [5.41, 5.74) is 5.46. The van der Waals surface area contributed by atoms with Gasteiger partial charge in [-0.1, -0.05) is 48.0 Å². The average Bonchev–Trinajstić information content (AvgIpc) is 3.05. The number of rotatable bonds is 4. The van der Waals surface area contributed by atoms with Gasteiger partial charge in [0.05, 0.1) is 6.21 Å². The average molecular weight is 320 g/mol. The Balaban J connectivity index is 1.63. The second kappa shape index (κ2) is 7.03. The van der Waals surface area contributed by atoms with Crippen LogP contribution in [0.5, 0.6) is 0 Å². The van der Waals surface area contributed by atoms with E-state index in [1.165, 1.54) is 10.4 Å². The minimum atomic E-state index is -0.207. The molecule has 0 radical (unpaired) electrons. The van der Waals surface area contributed by atoms with Gasteiger partial charge in [0.15, 0.2) is 0 Å². The molecular weight excluding hydrogens is 304 g/mol. The quantitative estimate of drug-likeness (QED) is 0.558. The first-order valence-corrected chi connectivity index (χ1v) is 8.09. The van der Waals surface area contributed by atoms with Gasteiger partial charge in [0, 0.05) is 15.3 Å². The van der Waals surface area contributed by atoms with Crippen molar-refractivity contribution in [2.24, 2.45) is 5.10 Å². The summed E-state index contributed by atoms with van der Waals surface area (Å²) in [4.78, 5) is 14.1. The number of nitrogens with zero attached hydrogens (tertiary/aromatic N) is 1. The lowest BCUT2D eigenvalue weighted by molar-refractivity contribution is 0.0955. The van der Waals surface area contributed by atoms with Crippen LogP contribution < -0.4 is 5.43 Å². The zero-order valence-corrected chi connectivity index (χ0v) is 13.5. The Kier molecular flexibility index (Phi) is 4.64. The van der Waals surface area contributed by atoms with Crippen molar-refractivity contribution in [1.82, 2.24) is 5.43 Å². The van der Waals surface area contributed by atoms with Crippen LogP contribution in [0.1, 0.15) is 20.8 Å². The standard InChI is InChI=1S/C19H16N2OS/c1-14-7-9-16(10-8-14)19(22)21-20-13-17-11-12-18(23-17)15-5-3-2-4-6-15/h2-13H,1H3,(H,21,22)/b20-13-. The second-order valence-corrected chi connectivity index (χ2v) is 6.25. The van der Waals surface area contributed by atoms with Gasteiger partial charge in [-0.3, -0.25) is 4.79 Å². The van der Waals surface area contributed by atoms with Crippen molar-refractivity contribution in [2.45, 2.75) is 6.92 Å². The maximum Gasteiger partial charge on any atom is 0.271 e. The molecule has 0 aliphatic heterocycles. The Bertz CT molecular complexity index is 820. The van der Waals surface area contributed by atoms with Crippen LogP contribution >= 0.6 is 11.3 Å². The summed E-state index contributed by atoms with van der Waals surface area (Å²) in [6, 6.07) is 21.6. The molecular formula is C19H16N2OS. The highest BCUT2D eigenvalue weighted by Gasteiger charge is 2.03. The van der Waals surface area contributed by atoms with E-state index in [0.717, 1.165) is 10.4 Å². The zero-order valence-electron chi connectivity index (χ0n) is 12.7. The fraction of sp³-hybridized carbons (Fsp3) is 0.0526. The third-order valence-corrected chi connectivity index (χ3v) is 4.43. The third kappa shape index (κ3) is 3.93. The Morgan fingerprint density at radius 1 is 1.00 bits per heavy atom. The van der Waals surface area contributed by atoms with Crippen molar-refractivity contribution in [1.29, 1.82) is 0 Å². The van der Waals surface area contributed by atoms with E-state index in [1.54, 1.807) is 29.7 Å². The van der Waals surface area contributed by atoms with Gasteiger partial charge in [-0.25, -0.2) is 5.43 Å². The predicted octanol–water partition coefficient (Wildman–Crippen LogP) is 4.49. The first-order chi connectivity index (χ1) is 11.2. The van der Waals surface area contributed by atoms with E-state index in [2.05, 4.69) is 28.7 Å². The molecule has 0 bridgehead atoms. The van der Waals surface area contributed by atoms with Gasteiger partial charge in [-0.2, -0.15) is 5.10 Å². The molecule has 1 amide bonds. The van der Waals surface area contributed by atoms with Crippen LogP contribution in [0.25, 0.3) is 10.4 Å². The van der Waals surface area contributed by atoms with Gasteiger partial charge >= 0.3 is 0 Å². The summed E-state index contributed by atoms with van der Waals surface area (Å²) < 4.78 is 0. The lowest BCUT2D eigenvalue weighted by atomic mass is 10.1. The lowest BCUT2D eigenvalue weighted by Crippen LogP contribution is -2.17. The van der Waals surface area contributed by atoms with Crippen molar-refractivity contribution in [3.8, 4) is 10.4 Å². The van der Waals surface area contributed by atoms with Crippen LogP contribution in [0.4, 0.5) is 0 Å². The van der Waals surface area contributed by atoms with Crippen molar-refractivity contribution in [3.05, 3.63) is 82.7 Å². The number of hydrogen-bond donors (Lipinski definition) is 1. The zero-order chi connectivity index (χ0) is 16.1. The Morgan fingerprint density at radius 2 is 1.74 bits per heavy atom. The summed E-state index contributed by atoms with van der Waals surface area (Å²) in [6.07, 6.45) is 1.67. The van der Waals surface area contributed by atoms with Crippen LogP contribution in [0.3, 0.4) is 0 Å². The van der Waals surface area contributed by atoms with Crippen LogP contribution in [-0.4, -0.2) is 12.1 Å². The summed E-state index contributed by atoms with van der Waals surface area (Å²) in [6.45, 7) is 1.99. The normalized spacial score (nSPS) is 10.8. The molecule has 3 aromatic rings. The molecule has 114 valence electrons. The maximum absolute atomic E-state index is 12.0. The largest absolute Gasteiger partial charge is 0.271 e. The van der Waals surface area contributed by atoms with Crippen molar-refractivity contribution in [3.63, 3.8) is 0 Å². The van der Waals surface area contributed by atoms with Gasteiger partial charge in [0.25, 0.3) is 5.91 Å². The molecule has 0 fully saturated rings. The Labute approximate surface area is 139 Å². The number of aryl methyl sites for hydroxylation is 1. The topological polar surface area (TPSA) is 41.5 Å². The molecule has 0 unspecified atom stereocenters. The number of carbonyl (C=O) groups is 1. The van der Waals surface area contributed by atoms with Crippen LogP contribution in [0.2, 0.25) is 0 Å². The molecule has 0 saturated carbocycles. The molecule has 3 nitrogen and oxygen atoms in total. The summed E-state index contributed by atoms with van der Waals surface area (Å²) >= 11 is 1.63. The first kappa shape index (κ1) is 15.2. The molecule has 0 aliphatic rings. The van der Waals surface area contributed by atoms with Gasteiger partial charge in [-0.05, 0) is 36.8 Å². The molecule has 0 atom stereocenters. The molecule has 1 N–H and O–H groups in total. The molecule has 2 aromatic carbocycles. The van der Waals surface area contributed by atoms with E-state index in [1.807, 2.05) is 43.3 Å². The van der Waals surface area contributed by atoms with E-state index in [9.17, 15) is 4.79 Å². The van der Waals surface area contributed by atoms with Crippen molar-refractivity contribution >= 4 is 23.5 Å². The fourth-order valence-electron chi connectivity index (χ4n) is 2.10.